The zero-order valence-electron chi connectivity index (χ0n) is 9.44. The molecule has 0 aliphatic rings. The molecule has 17 heavy (non-hydrogen) atoms. The van der Waals surface area contributed by atoms with E-state index in [-0.39, 0.29) is 17.3 Å². The number of sulfonamides is 1. The average molecular weight is 299 g/mol. The number of benzene rings is 1. The highest BCUT2D eigenvalue weighted by molar-refractivity contribution is 7.89. The van der Waals surface area contributed by atoms with Gasteiger partial charge in [0.25, 0.3) is 0 Å². The number of hydrogen-bond acceptors (Lipinski definition) is 3. The molecular weight excluding hydrogens is 283 g/mol. The van der Waals surface area contributed by atoms with Gasteiger partial charge in [-0.15, -0.1) is 12.4 Å². The van der Waals surface area contributed by atoms with Crippen LogP contribution in [0.1, 0.15) is 12.0 Å². The summed E-state index contributed by atoms with van der Waals surface area (Å²) in [4.78, 5) is 0.219. The fourth-order valence-electron chi connectivity index (χ4n) is 1.25. The van der Waals surface area contributed by atoms with Crippen LogP contribution in [-0.4, -0.2) is 21.5 Å². The molecule has 0 bridgehead atoms. The lowest BCUT2D eigenvalue weighted by molar-refractivity contribution is 0.579. The lowest BCUT2D eigenvalue weighted by Crippen LogP contribution is -2.26. The molecule has 1 aromatic rings. The first-order valence-electron chi connectivity index (χ1n) is 4.93. The average Bonchev–Trinajstić information content (AvgIpc) is 2.22. The molecule has 0 aliphatic heterocycles. The van der Waals surface area contributed by atoms with Gasteiger partial charge in [-0.05, 0) is 37.6 Å². The zero-order chi connectivity index (χ0) is 12.2. The van der Waals surface area contributed by atoms with Crippen LogP contribution >= 0.6 is 24.0 Å². The highest BCUT2D eigenvalue weighted by Crippen LogP contribution is 2.19. The Labute approximate surface area is 113 Å². The smallest absolute Gasteiger partial charge is 0.240 e. The van der Waals surface area contributed by atoms with Crippen molar-refractivity contribution in [2.24, 2.45) is 5.73 Å². The van der Waals surface area contributed by atoms with Crippen LogP contribution in [0.4, 0.5) is 0 Å². The molecule has 1 rings (SSSR count). The molecule has 0 spiro atoms. The molecule has 0 aliphatic carbocycles. The van der Waals surface area contributed by atoms with E-state index in [9.17, 15) is 8.42 Å². The van der Waals surface area contributed by atoms with Gasteiger partial charge < -0.3 is 5.73 Å². The van der Waals surface area contributed by atoms with Crippen LogP contribution in [0.3, 0.4) is 0 Å². The summed E-state index contributed by atoms with van der Waals surface area (Å²) in [6.45, 7) is 2.52. The normalized spacial score (nSPS) is 11.0. The number of nitrogens with two attached hydrogens (primary N) is 1. The minimum absolute atomic E-state index is 0. The summed E-state index contributed by atoms with van der Waals surface area (Å²) < 4.78 is 26.2. The predicted molar refractivity (Wildman–Crippen MR) is 72.3 cm³/mol. The molecule has 0 saturated carbocycles. The van der Waals surface area contributed by atoms with Crippen LogP contribution in [-0.2, 0) is 10.0 Å². The fourth-order valence-corrected chi connectivity index (χ4v) is 2.83. The minimum Gasteiger partial charge on any atom is -0.330 e. The summed E-state index contributed by atoms with van der Waals surface area (Å²) >= 11 is 5.77. The molecule has 0 fully saturated rings. The Kier molecular flexibility index (Phi) is 7.04. The van der Waals surface area contributed by atoms with E-state index in [2.05, 4.69) is 4.72 Å². The predicted octanol–water partition coefficient (Wildman–Crippen LogP) is 1.70. The molecule has 1 aromatic carbocycles. The highest BCUT2D eigenvalue weighted by atomic mass is 35.5. The highest BCUT2D eigenvalue weighted by Gasteiger charge is 2.16. The molecule has 0 amide bonds. The van der Waals surface area contributed by atoms with Gasteiger partial charge in [0.15, 0.2) is 0 Å². The SMILES string of the molecule is Cc1ccc(Cl)cc1S(=O)(=O)NCCCN.Cl. The number of aryl methyl sites for hydroxylation is 1. The van der Waals surface area contributed by atoms with Gasteiger partial charge in [-0.1, -0.05) is 17.7 Å². The van der Waals surface area contributed by atoms with Crippen molar-refractivity contribution in [2.75, 3.05) is 13.1 Å². The Balaban J connectivity index is 0.00000256. The first-order chi connectivity index (χ1) is 7.47. The van der Waals surface area contributed by atoms with E-state index in [1.165, 1.54) is 6.07 Å². The largest absolute Gasteiger partial charge is 0.330 e. The van der Waals surface area contributed by atoms with Gasteiger partial charge >= 0.3 is 0 Å². The standard InChI is InChI=1S/C10H15ClN2O2S.ClH/c1-8-3-4-9(11)7-10(8)16(14,15)13-6-2-5-12;/h3-4,7,13H,2,5-6,12H2,1H3;1H. The Morgan fingerprint density at radius 3 is 2.65 bits per heavy atom. The molecule has 3 N–H and O–H groups in total. The van der Waals surface area contributed by atoms with E-state index in [0.29, 0.717) is 30.1 Å². The lowest BCUT2D eigenvalue weighted by atomic mass is 10.2. The first-order valence-corrected chi connectivity index (χ1v) is 6.79. The van der Waals surface area contributed by atoms with Crippen molar-refractivity contribution in [3.63, 3.8) is 0 Å². The monoisotopic (exact) mass is 298 g/mol. The van der Waals surface area contributed by atoms with Crippen molar-refractivity contribution >= 4 is 34.0 Å². The molecule has 0 saturated heterocycles. The molecule has 7 heteroatoms. The van der Waals surface area contributed by atoms with Gasteiger partial charge in [0.1, 0.15) is 0 Å². The van der Waals surface area contributed by atoms with Crippen molar-refractivity contribution < 1.29 is 8.42 Å². The second kappa shape index (κ2) is 7.18. The van der Waals surface area contributed by atoms with Crippen LogP contribution in [0.25, 0.3) is 0 Å². The zero-order valence-corrected chi connectivity index (χ0v) is 11.8. The quantitative estimate of drug-likeness (QED) is 0.813. The summed E-state index contributed by atoms with van der Waals surface area (Å²) in [5.74, 6) is 0. The number of rotatable bonds is 5. The van der Waals surface area contributed by atoms with Gasteiger partial charge in [-0.25, -0.2) is 13.1 Å². The fraction of sp³-hybridized carbons (Fsp3) is 0.400. The number of hydrogen-bond donors (Lipinski definition) is 2. The molecule has 0 radical (unpaired) electrons. The van der Waals surface area contributed by atoms with Crippen molar-refractivity contribution in [3.05, 3.63) is 28.8 Å². The molecule has 0 atom stereocenters. The number of nitrogens with one attached hydrogen (secondary N) is 1. The molecule has 0 heterocycles. The maximum Gasteiger partial charge on any atom is 0.240 e. The van der Waals surface area contributed by atoms with E-state index in [1.54, 1.807) is 19.1 Å². The minimum atomic E-state index is -3.48. The van der Waals surface area contributed by atoms with Gasteiger partial charge in [0.05, 0.1) is 4.90 Å². The maximum atomic E-state index is 11.9. The Hall–Kier alpha value is -0.330. The third kappa shape index (κ3) is 4.81. The van der Waals surface area contributed by atoms with E-state index < -0.39 is 10.0 Å². The van der Waals surface area contributed by atoms with Crippen LogP contribution < -0.4 is 10.5 Å². The second-order valence-electron chi connectivity index (χ2n) is 3.45. The third-order valence-corrected chi connectivity index (χ3v) is 3.95. The van der Waals surface area contributed by atoms with Crippen LogP contribution in [0.5, 0.6) is 0 Å². The van der Waals surface area contributed by atoms with Crippen molar-refractivity contribution in [2.45, 2.75) is 18.2 Å². The Morgan fingerprint density at radius 2 is 2.06 bits per heavy atom. The Morgan fingerprint density at radius 1 is 1.41 bits per heavy atom. The summed E-state index contributed by atoms with van der Waals surface area (Å²) in [5, 5.41) is 0.407. The Bertz CT molecular complexity index is 463. The van der Waals surface area contributed by atoms with Gasteiger partial charge in [-0.3, -0.25) is 0 Å². The first kappa shape index (κ1) is 16.7. The van der Waals surface area contributed by atoms with Crippen molar-refractivity contribution in [1.82, 2.24) is 4.72 Å². The van der Waals surface area contributed by atoms with Gasteiger partial charge in [0, 0.05) is 11.6 Å². The molecule has 0 unspecified atom stereocenters. The summed E-state index contributed by atoms with van der Waals surface area (Å²) in [5.41, 5.74) is 5.97. The third-order valence-electron chi connectivity index (χ3n) is 2.11. The van der Waals surface area contributed by atoms with Crippen molar-refractivity contribution in [1.29, 1.82) is 0 Å². The molecular formula is C10H16Cl2N2O2S. The summed E-state index contributed by atoms with van der Waals surface area (Å²) in [6.07, 6.45) is 0.610. The van der Waals surface area contributed by atoms with E-state index >= 15 is 0 Å². The number of halogens is 2. The lowest BCUT2D eigenvalue weighted by Gasteiger charge is -2.09. The van der Waals surface area contributed by atoms with E-state index in [4.69, 9.17) is 17.3 Å². The van der Waals surface area contributed by atoms with Crippen molar-refractivity contribution in [3.8, 4) is 0 Å². The van der Waals surface area contributed by atoms with Gasteiger partial charge in [-0.2, -0.15) is 0 Å². The van der Waals surface area contributed by atoms with Crippen LogP contribution in [0, 0.1) is 6.92 Å². The molecule has 98 valence electrons. The van der Waals surface area contributed by atoms with Crippen LogP contribution in [0.15, 0.2) is 23.1 Å². The maximum absolute atomic E-state index is 11.9. The molecule has 4 nitrogen and oxygen atoms in total. The molecule has 0 aromatic heterocycles. The topological polar surface area (TPSA) is 72.2 Å². The van der Waals surface area contributed by atoms with Gasteiger partial charge in [0.2, 0.25) is 10.0 Å². The summed E-state index contributed by atoms with van der Waals surface area (Å²) in [6, 6.07) is 4.79. The van der Waals surface area contributed by atoms with E-state index in [0.717, 1.165) is 0 Å². The second-order valence-corrected chi connectivity index (χ2v) is 5.62. The van der Waals surface area contributed by atoms with E-state index in [1.807, 2.05) is 0 Å². The summed E-state index contributed by atoms with van der Waals surface area (Å²) in [7, 11) is -3.48. The van der Waals surface area contributed by atoms with Crippen LogP contribution in [0.2, 0.25) is 5.02 Å².